The van der Waals surface area contributed by atoms with Crippen molar-refractivity contribution in [2.75, 3.05) is 20.2 Å². The summed E-state index contributed by atoms with van der Waals surface area (Å²) in [6.07, 6.45) is 1.41. The molecule has 1 aliphatic heterocycles. The Morgan fingerprint density at radius 3 is 2.37 bits per heavy atom. The molecule has 0 unspecified atom stereocenters. The first-order chi connectivity index (χ1) is 14.3. The van der Waals surface area contributed by atoms with Crippen molar-refractivity contribution >= 4 is 5.97 Å². The fraction of sp³-hybridized carbons (Fsp3) is 0.476. The number of carboxylic acids is 1. The lowest BCUT2D eigenvalue weighted by Gasteiger charge is -2.19. The van der Waals surface area contributed by atoms with Crippen molar-refractivity contribution in [2.24, 2.45) is 0 Å². The zero-order chi connectivity index (χ0) is 21.7. The van der Waals surface area contributed by atoms with Crippen LogP contribution in [0.15, 0.2) is 30.6 Å². The van der Waals surface area contributed by atoms with Gasteiger partial charge in [0.1, 0.15) is 12.1 Å². The molecule has 6 nitrogen and oxygen atoms in total. The van der Waals surface area contributed by atoms with E-state index in [1.165, 1.54) is 35.4 Å². The first-order valence-corrected chi connectivity index (χ1v) is 9.76. The lowest BCUT2D eigenvalue weighted by Crippen LogP contribution is -2.25. The van der Waals surface area contributed by atoms with Crippen molar-refractivity contribution in [1.82, 2.24) is 14.9 Å². The number of ether oxygens (including phenoxy) is 1. The third-order valence-corrected chi connectivity index (χ3v) is 5.18. The van der Waals surface area contributed by atoms with Gasteiger partial charge in [0.2, 0.25) is 0 Å². The van der Waals surface area contributed by atoms with Crippen molar-refractivity contribution in [1.29, 1.82) is 0 Å². The summed E-state index contributed by atoms with van der Waals surface area (Å²) in [5.74, 6) is -1.13. The van der Waals surface area contributed by atoms with Crippen molar-refractivity contribution in [2.45, 2.75) is 44.3 Å². The molecule has 162 valence electrons. The summed E-state index contributed by atoms with van der Waals surface area (Å²) in [4.78, 5) is 20.6. The highest BCUT2D eigenvalue weighted by Crippen LogP contribution is 2.41. The van der Waals surface area contributed by atoms with Crippen LogP contribution in [-0.2, 0) is 24.2 Å². The second kappa shape index (κ2) is 9.42. The molecule has 1 N–H and O–H groups in total. The SMILES string of the molecule is COc1ccc(CN2CCc3ncnc(C4CC4)c3CC2)cc1.O=C(O)C(F)(F)F. The van der Waals surface area contributed by atoms with E-state index in [1.54, 1.807) is 13.4 Å². The molecule has 0 radical (unpaired) electrons. The summed E-state index contributed by atoms with van der Waals surface area (Å²) in [7, 11) is 1.71. The summed E-state index contributed by atoms with van der Waals surface area (Å²) in [6, 6.07) is 8.40. The highest BCUT2D eigenvalue weighted by molar-refractivity contribution is 5.73. The van der Waals surface area contributed by atoms with E-state index in [9.17, 15) is 13.2 Å². The number of alkyl halides is 3. The van der Waals surface area contributed by atoms with Crippen molar-refractivity contribution < 1.29 is 27.8 Å². The van der Waals surface area contributed by atoms with Crippen LogP contribution in [0.25, 0.3) is 0 Å². The summed E-state index contributed by atoms with van der Waals surface area (Å²) in [5, 5.41) is 7.12. The first-order valence-electron chi connectivity index (χ1n) is 9.76. The van der Waals surface area contributed by atoms with Crippen LogP contribution < -0.4 is 4.74 Å². The van der Waals surface area contributed by atoms with Crippen LogP contribution >= 0.6 is 0 Å². The summed E-state index contributed by atoms with van der Waals surface area (Å²) >= 11 is 0. The highest BCUT2D eigenvalue weighted by atomic mass is 19.4. The van der Waals surface area contributed by atoms with Crippen LogP contribution in [-0.4, -0.2) is 52.3 Å². The molecule has 30 heavy (non-hydrogen) atoms. The molecule has 9 heteroatoms. The maximum Gasteiger partial charge on any atom is 0.490 e. The average molecular weight is 423 g/mol. The maximum atomic E-state index is 10.6. The molecule has 4 rings (SSSR count). The summed E-state index contributed by atoms with van der Waals surface area (Å²) in [6.45, 7) is 3.15. The number of fused-ring (bicyclic) bond motifs is 1. The Kier molecular flexibility index (Phi) is 6.91. The number of carbonyl (C=O) groups is 1. The lowest BCUT2D eigenvalue weighted by molar-refractivity contribution is -0.192. The molecule has 1 fully saturated rings. The Morgan fingerprint density at radius 1 is 1.17 bits per heavy atom. The van der Waals surface area contributed by atoms with Gasteiger partial charge in [-0.2, -0.15) is 13.2 Å². The maximum absolute atomic E-state index is 10.6. The van der Waals surface area contributed by atoms with Gasteiger partial charge in [0, 0.05) is 37.7 Å². The Hall–Kier alpha value is -2.68. The molecule has 0 amide bonds. The van der Waals surface area contributed by atoms with Gasteiger partial charge in [-0.25, -0.2) is 14.8 Å². The van der Waals surface area contributed by atoms with Crippen LogP contribution in [0.3, 0.4) is 0 Å². The molecule has 1 aromatic heterocycles. The van der Waals surface area contributed by atoms with E-state index >= 15 is 0 Å². The number of rotatable bonds is 4. The number of nitrogens with zero attached hydrogens (tertiary/aromatic N) is 3. The largest absolute Gasteiger partial charge is 0.497 e. The van der Waals surface area contributed by atoms with Gasteiger partial charge in [-0.15, -0.1) is 0 Å². The van der Waals surface area contributed by atoms with Gasteiger partial charge in [-0.3, -0.25) is 4.90 Å². The molecule has 1 saturated carbocycles. The van der Waals surface area contributed by atoms with Gasteiger partial charge in [-0.05, 0) is 42.5 Å². The predicted molar refractivity (Wildman–Crippen MR) is 103 cm³/mol. The van der Waals surface area contributed by atoms with Crippen LogP contribution in [0.4, 0.5) is 13.2 Å². The topological polar surface area (TPSA) is 75.5 Å². The molecule has 0 saturated heterocycles. The standard InChI is InChI=1S/C19H23N3O.C2HF3O2/c1-23-16-6-2-14(3-7-16)12-22-10-8-17-18(9-11-22)20-13-21-19(17)15-4-5-15;3-2(4,5)1(6)7/h2-3,6-7,13,15H,4-5,8-12H2,1H3;(H,6,7). The van der Waals surface area contributed by atoms with Gasteiger partial charge in [-0.1, -0.05) is 12.1 Å². The van der Waals surface area contributed by atoms with Gasteiger partial charge in [0.05, 0.1) is 12.8 Å². The van der Waals surface area contributed by atoms with E-state index in [0.29, 0.717) is 5.92 Å². The predicted octanol–water partition coefficient (Wildman–Crippen LogP) is 3.60. The third kappa shape index (κ3) is 5.91. The molecule has 0 atom stereocenters. The second-order valence-corrected chi connectivity index (χ2v) is 7.39. The van der Waals surface area contributed by atoms with Crippen LogP contribution in [0.1, 0.15) is 41.3 Å². The van der Waals surface area contributed by atoms with Crippen molar-refractivity contribution in [3.63, 3.8) is 0 Å². The number of aromatic nitrogens is 2. The fourth-order valence-electron chi connectivity index (χ4n) is 3.45. The number of hydrogen-bond acceptors (Lipinski definition) is 5. The molecule has 0 bridgehead atoms. The van der Waals surface area contributed by atoms with E-state index in [2.05, 4.69) is 27.0 Å². The van der Waals surface area contributed by atoms with Crippen LogP contribution in [0, 0.1) is 0 Å². The first kappa shape index (κ1) is 22.0. The van der Waals surface area contributed by atoms with E-state index in [0.717, 1.165) is 38.2 Å². The molecule has 1 aliphatic carbocycles. The van der Waals surface area contributed by atoms with Gasteiger partial charge < -0.3 is 9.84 Å². The van der Waals surface area contributed by atoms with Crippen molar-refractivity contribution in [3.8, 4) is 5.75 Å². The van der Waals surface area contributed by atoms with Gasteiger partial charge in [0.15, 0.2) is 0 Å². The number of aliphatic carboxylic acids is 1. The Labute approximate surface area is 172 Å². The van der Waals surface area contributed by atoms with E-state index in [-0.39, 0.29) is 0 Å². The minimum atomic E-state index is -5.08. The number of benzene rings is 1. The normalized spacial score (nSPS) is 16.7. The molecular formula is C21H24F3N3O3. The number of hydrogen-bond donors (Lipinski definition) is 1. The highest BCUT2D eigenvalue weighted by Gasteiger charge is 2.38. The van der Waals surface area contributed by atoms with E-state index in [1.807, 2.05) is 12.1 Å². The van der Waals surface area contributed by atoms with E-state index in [4.69, 9.17) is 14.6 Å². The average Bonchev–Trinajstić information content (AvgIpc) is 3.56. The molecule has 0 spiro atoms. The van der Waals surface area contributed by atoms with Crippen LogP contribution in [0.2, 0.25) is 0 Å². The third-order valence-electron chi connectivity index (χ3n) is 5.18. The number of halogens is 3. The lowest BCUT2D eigenvalue weighted by atomic mass is 10.0. The van der Waals surface area contributed by atoms with Gasteiger partial charge >= 0.3 is 12.1 Å². The van der Waals surface area contributed by atoms with Crippen LogP contribution in [0.5, 0.6) is 5.75 Å². The quantitative estimate of drug-likeness (QED) is 0.810. The molecular weight excluding hydrogens is 399 g/mol. The van der Waals surface area contributed by atoms with Gasteiger partial charge in [0.25, 0.3) is 0 Å². The van der Waals surface area contributed by atoms with Crippen molar-refractivity contribution in [3.05, 3.63) is 53.1 Å². The zero-order valence-electron chi connectivity index (χ0n) is 16.7. The minimum Gasteiger partial charge on any atom is -0.497 e. The monoisotopic (exact) mass is 423 g/mol. The Bertz CT molecular complexity index is 868. The Balaban J connectivity index is 0.000000318. The second-order valence-electron chi connectivity index (χ2n) is 7.39. The molecule has 1 aromatic carbocycles. The molecule has 2 heterocycles. The van der Waals surface area contributed by atoms with E-state index < -0.39 is 12.1 Å². The smallest absolute Gasteiger partial charge is 0.490 e. The number of methoxy groups -OCH3 is 1. The Morgan fingerprint density at radius 2 is 1.80 bits per heavy atom. The molecule has 2 aromatic rings. The minimum absolute atomic E-state index is 0.708. The zero-order valence-corrected chi connectivity index (χ0v) is 16.7. The molecule has 2 aliphatic rings. The number of carboxylic acid groups (broad SMARTS) is 1. The fourth-order valence-corrected chi connectivity index (χ4v) is 3.45. The summed E-state index contributed by atoms with van der Waals surface area (Å²) in [5.41, 5.74) is 5.39. The summed E-state index contributed by atoms with van der Waals surface area (Å²) < 4.78 is 37.0.